The summed E-state index contributed by atoms with van der Waals surface area (Å²) in [6, 6.07) is 9.74. The molecule has 1 heterocycles. The average molecular weight is 372 g/mol. The van der Waals surface area contributed by atoms with E-state index in [9.17, 15) is 18.0 Å². The van der Waals surface area contributed by atoms with Crippen LogP contribution < -0.4 is 5.32 Å². The van der Waals surface area contributed by atoms with Crippen molar-refractivity contribution in [1.82, 2.24) is 20.1 Å². The molecule has 25 heavy (non-hydrogen) atoms. The number of nitrogens with one attached hydrogen (secondary N) is 1. The number of thioether (sulfide) groups is 1. The van der Waals surface area contributed by atoms with Crippen LogP contribution in [0.15, 0.2) is 35.5 Å². The molecule has 2 rings (SSSR count). The molecule has 0 unspecified atom stereocenters. The summed E-state index contributed by atoms with van der Waals surface area (Å²) < 4.78 is 39.0. The number of alkyl halides is 3. The number of carbonyl (C=O) groups is 1. The minimum Gasteiger partial charge on any atom is -0.355 e. The van der Waals surface area contributed by atoms with E-state index in [-0.39, 0.29) is 17.0 Å². The second-order valence-electron chi connectivity index (χ2n) is 5.68. The summed E-state index contributed by atoms with van der Waals surface area (Å²) in [5, 5.41) is 8.95. The summed E-state index contributed by atoms with van der Waals surface area (Å²) in [7, 11) is 1.23. The fourth-order valence-corrected chi connectivity index (χ4v) is 3.01. The lowest BCUT2D eigenvalue weighted by Gasteiger charge is -2.16. The fourth-order valence-electron chi connectivity index (χ4n) is 2.17. The van der Waals surface area contributed by atoms with E-state index in [1.54, 1.807) is 6.92 Å². The summed E-state index contributed by atoms with van der Waals surface area (Å²) >= 11 is 0.940. The van der Waals surface area contributed by atoms with Gasteiger partial charge in [-0.2, -0.15) is 13.2 Å². The maximum atomic E-state index is 12.7. The first-order valence-electron chi connectivity index (χ1n) is 7.66. The van der Waals surface area contributed by atoms with Gasteiger partial charge in [0.05, 0.1) is 5.25 Å². The first kappa shape index (κ1) is 19.3. The van der Waals surface area contributed by atoms with E-state index in [0.29, 0.717) is 6.54 Å². The zero-order chi connectivity index (χ0) is 18.6. The molecular formula is C16H19F3N4OS. The van der Waals surface area contributed by atoms with E-state index in [0.717, 1.165) is 21.9 Å². The van der Waals surface area contributed by atoms with E-state index in [4.69, 9.17) is 0 Å². The van der Waals surface area contributed by atoms with Crippen molar-refractivity contribution in [3.8, 4) is 0 Å². The van der Waals surface area contributed by atoms with Gasteiger partial charge in [0.15, 0.2) is 5.16 Å². The van der Waals surface area contributed by atoms with Gasteiger partial charge in [0.2, 0.25) is 11.7 Å². The van der Waals surface area contributed by atoms with Crippen LogP contribution in [-0.2, 0) is 18.0 Å². The van der Waals surface area contributed by atoms with Gasteiger partial charge in [0, 0.05) is 13.6 Å². The van der Waals surface area contributed by atoms with Crippen LogP contribution in [0.1, 0.15) is 31.2 Å². The van der Waals surface area contributed by atoms with Crippen LogP contribution in [0.4, 0.5) is 13.2 Å². The summed E-state index contributed by atoms with van der Waals surface area (Å²) in [5.41, 5.74) is 1.10. The van der Waals surface area contributed by atoms with Gasteiger partial charge >= 0.3 is 6.18 Å². The van der Waals surface area contributed by atoms with Crippen molar-refractivity contribution in [2.75, 3.05) is 6.54 Å². The lowest BCUT2D eigenvalue weighted by Crippen LogP contribution is -2.33. The minimum absolute atomic E-state index is 0.0473. The van der Waals surface area contributed by atoms with E-state index >= 15 is 0 Å². The van der Waals surface area contributed by atoms with Crippen molar-refractivity contribution in [3.05, 3.63) is 41.7 Å². The van der Waals surface area contributed by atoms with Crippen LogP contribution in [-0.4, -0.2) is 32.5 Å². The molecule has 0 saturated heterocycles. The molecule has 1 amide bonds. The van der Waals surface area contributed by atoms with Gasteiger partial charge in [-0.3, -0.25) is 4.79 Å². The Hall–Kier alpha value is -2.03. The maximum Gasteiger partial charge on any atom is 0.451 e. The number of hydrogen-bond donors (Lipinski definition) is 1. The smallest absolute Gasteiger partial charge is 0.355 e. The second-order valence-corrected chi connectivity index (χ2v) is 6.99. The van der Waals surface area contributed by atoms with E-state index in [1.807, 2.05) is 37.3 Å². The SMILES string of the molecule is C[C@H](Sc1nnc(C(F)(F)F)n1C)C(=O)NC[C@H](C)c1ccccc1. The largest absolute Gasteiger partial charge is 0.451 e. The Morgan fingerprint density at radius 2 is 1.88 bits per heavy atom. The number of nitrogens with zero attached hydrogens (tertiary/aromatic N) is 3. The summed E-state index contributed by atoms with van der Waals surface area (Å²) in [4.78, 5) is 12.2. The summed E-state index contributed by atoms with van der Waals surface area (Å²) in [6.07, 6.45) is -4.57. The third-order valence-corrected chi connectivity index (χ3v) is 4.82. The van der Waals surface area contributed by atoms with Crippen molar-refractivity contribution in [3.63, 3.8) is 0 Å². The van der Waals surface area contributed by atoms with Crippen LogP contribution in [0.5, 0.6) is 0 Å². The molecular weight excluding hydrogens is 353 g/mol. The highest BCUT2D eigenvalue weighted by Crippen LogP contribution is 2.30. The number of benzene rings is 1. The molecule has 0 radical (unpaired) electrons. The molecule has 0 spiro atoms. The molecule has 0 aliphatic rings. The minimum atomic E-state index is -4.57. The molecule has 5 nitrogen and oxygen atoms in total. The monoisotopic (exact) mass is 372 g/mol. The van der Waals surface area contributed by atoms with Gasteiger partial charge in [-0.1, -0.05) is 49.0 Å². The highest BCUT2D eigenvalue weighted by molar-refractivity contribution is 8.00. The van der Waals surface area contributed by atoms with E-state index in [1.165, 1.54) is 7.05 Å². The zero-order valence-electron chi connectivity index (χ0n) is 14.0. The first-order valence-corrected chi connectivity index (χ1v) is 8.54. The second kappa shape index (κ2) is 7.90. The molecule has 136 valence electrons. The molecule has 0 aliphatic carbocycles. The Kier molecular flexibility index (Phi) is 6.10. The number of amides is 1. The third kappa shape index (κ3) is 4.97. The summed E-state index contributed by atoms with van der Waals surface area (Å²) in [5.74, 6) is -1.21. The van der Waals surface area contributed by atoms with E-state index in [2.05, 4.69) is 15.5 Å². The predicted molar refractivity (Wildman–Crippen MR) is 89.2 cm³/mol. The third-order valence-electron chi connectivity index (χ3n) is 3.69. The molecule has 0 saturated carbocycles. The quantitative estimate of drug-likeness (QED) is 0.791. The number of aromatic nitrogens is 3. The van der Waals surface area contributed by atoms with Crippen LogP contribution in [0, 0.1) is 0 Å². The van der Waals surface area contributed by atoms with Gasteiger partial charge in [0.25, 0.3) is 0 Å². The summed E-state index contributed by atoms with van der Waals surface area (Å²) in [6.45, 7) is 4.06. The number of hydrogen-bond acceptors (Lipinski definition) is 4. The molecule has 1 N–H and O–H groups in total. The molecule has 0 fully saturated rings. The number of carbonyl (C=O) groups excluding carboxylic acids is 1. The topological polar surface area (TPSA) is 59.8 Å². The predicted octanol–water partition coefficient (Wildman–Crippen LogP) is 3.23. The first-order chi connectivity index (χ1) is 11.7. The highest BCUT2D eigenvalue weighted by Gasteiger charge is 2.37. The number of halogens is 3. The Bertz CT molecular complexity index is 718. The van der Waals surface area contributed by atoms with Gasteiger partial charge in [0.1, 0.15) is 0 Å². The van der Waals surface area contributed by atoms with Crippen LogP contribution in [0.25, 0.3) is 0 Å². The maximum absolute atomic E-state index is 12.7. The lowest BCUT2D eigenvalue weighted by molar-refractivity contribution is -0.147. The van der Waals surface area contributed by atoms with Crippen LogP contribution in [0.3, 0.4) is 0 Å². The van der Waals surface area contributed by atoms with Crippen molar-refractivity contribution in [1.29, 1.82) is 0 Å². The van der Waals surface area contributed by atoms with Crippen LogP contribution in [0.2, 0.25) is 0 Å². The molecule has 0 aliphatic heterocycles. The Morgan fingerprint density at radius 3 is 2.44 bits per heavy atom. The van der Waals surface area contributed by atoms with Gasteiger partial charge < -0.3 is 9.88 Å². The standard InChI is InChI=1S/C16H19F3N4OS/c1-10(12-7-5-4-6-8-12)9-20-13(24)11(2)25-15-22-21-14(23(15)3)16(17,18)19/h4-8,10-11H,9H2,1-3H3,(H,20,24)/t10-,11-/m0/s1. The number of rotatable bonds is 6. The van der Waals surface area contributed by atoms with Crippen molar-refractivity contribution in [2.24, 2.45) is 7.05 Å². The van der Waals surface area contributed by atoms with Gasteiger partial charge in [-0.25, -0.2) is 0 Å². The van der Waals surface area contributed by atoms with Gasteiger partial charge in [-0.15, -0.1) is 10.2 Å². The molecule has 0 bridgehead atoms. The van der Waals surface area contributed by atoms with Crippen molar-refractivity contribution in [2.45, 2.75) is 36.3 Å². The van der Waals surface area contributed by atoms with Crippen molar-refractivity contribution >= 4 is 17.7 Å². The van der Waals surface area contributed by atoms with Crippen molar-refractivity contribution < 1.29 is 18.0 Å². The molecule has 1 aromatic heterocycles. The average Bonchev–Trinajstić information content (AvgIpc) is 2.94. The molecule has 2 atom stereocenters. The highest BCUT2D eigenvalue weighted by atomic mass is 32.2. The Balaban J connectivity index is 1.92. The molecule has 9 heteroatoms. The molecule has 1 aromatic carbocycles. The van der Waals surface area contributed by atoms with Crippen LogP contribution >= 0.6 is 11.8 Å². The van der Waals surface area contributed by atoms with E-state index < -0.39 is 17.3 Å². The Morgan fingerprint density at radius 1 is 1.24 bits per heavy atom. The zero-order valence-corrected chi connectivity index (χ0v) is 14.9. The molecule has 2 aromatic rings. The normalized spacial score (nSPS) is 14.2. The van der Waals surface area contributed by atoms with Gasteiger partial charge in [-0.05, 0) is 18.4 Å². The fraction of sp³-hybridized carbons (Fsp3) is 0.438. The Labute approximate surface area is 148 Å². The lowest BCUT2D eigenvalue weighted by atomic mass is 10.0.